The maximum absolute atomic E-state index is 10.2. The molecule has 0 saturated carbocycles. The molecule has 29 heavy (non-hydrogen) atoms. The van der Waals surface area contributed by atoms with E-state index in [1.54, 1.807) is 20.0 Å². The first-order valence-electron chi connectivity index (χ1n) is 9.45. The lowest BCUT2D eigenvalue weighted by Crippen LogP contribution is -2.23. The normalized spacial score (nSPS) is 16.6. The van der Waals surface area contributed by atoms with E-state index in [9.17, 15) is 5.11 Å². The molecule has 2 aromatic rings. The molecule has 158 valence electrons. The Morgan fingerprint density at radius 1 is 1.31 bits per heavy atom. The van der Waals surface area contributed by atoms with E-state index < -0.39 is 5.60 Å². The summed E-state index contributed by atoms with van der Waals surface area (Å²) in [5.41, 5.74) is 5.51. The summed E-state index contributed by atoms with van der Waals surface area (Å²) in [6, 6.07) is 0.0964. The van der Waals surface area contributed by atoms with Crippen LogP contribution in [0.25, 0.3) is 0 Å². The number of aliphatic hydroxyl groups excluding tert-OH is 1. The first kappa shape index (κ1) is 23.1. The van der Waals surface area contributed by atoms with Gasteiger partial charge in [0.05, 0.1) is 30.1 Å². The predicted octanol–water partition coefficient (Wildman–Crippen LogP) is 2.27. The average molecular weight is 422 g/mol. The molecular formula is C20H28ClN5O3. The number of rotatable bonds is 2. The Morgan fingerprint density at radius 2 is 2.03 bits per heavy atom. The number of imidazole rings is 1. The lowest BCUT2D eigenvalue weighted by Gasteiger charge is -2.21. The van der Waals surface area contributed by atoms with Gasteiger partial charge in [0.15, 0.2) is 0 Å². The number of hydrogen-bond acceptors (Lipinski definition) is 7. The molecule has 8 nitrogen and oxygen atoms in total. The number of nitrogens with zero attached hydrogens (tertiary/aromatic N) is 4. The highest BCUT2D eigenvalue weighted by molar-refractivity contribution is 6.31. The summed E-state index contributed by atoms with van der Waals surface area (Å²) in [6.45, 7) is 8.74. The molecule has 2 aromatic heterocycles. The van der Waals surface area contributed by atoms with E-state index >= 15 is 0 Å². The topological polar surface area (TPSA) is 119 Å². The van der Waals surface area contributed by atoms with Crippen LogP contribution in [0.2, 0.25) is 5.02 Å². The van der Waals surface area contributed by atoms with Gasteiger partial charge < -0.3 is 25.3 Å². The van der Waals surface area contributed by atoms with Crippen molar-refractivity contribution in [3.05, 3.63) is 34.6 Å². The van der Waals surface area contributed by atoms with E-state index in [1.165, 1.54) is 6.20 Å². The molecule has 1 fully saturated rings. The number of anilines is 1. The van der Waals surface area contributed by atoms with Crippen LogP contribution in [-0.2, 0) is 10.3 Å². The highest BCUT2D eigenvalue weighted by Gasteiger charge is 2.25. The maximum atomic E-state index is 10.2. The van der Waals surface area contributed by atoms with Crippen LogP contribution in [0.5, 0.6) is 0 Å². The molecule has 1 atom stereocenters. The molecule has 1 aliphatic rings. The summed E-state index contributed by atoms with van der Waals surface area (Å²) >= 11 is 6.00. The number of halogens is 1. The number of aliphatic hydroxyl groups is 2. The van der Waals surface area contributed by atoms with Crippen molar-refractivity contribution in [1.29, 1.82) is 0 Å². The molecule has 3 heterocycles. The minimum atomic E-state index is -1.05. The van der Waals surface area contributed by atoms with Crippen molar-refractivity contribution in [2.24, 2.45) is 0 Å². The van der Waals surface area contributed by atoms with E-state index in [0.717, 1.165) is 19.4 Å². The van der Waals surface area contributed by atoms with Gasteiger partial charge in [0, 0.05) is 12.6 Å². The summed E-state index contributed by atoms with van der Waals surface area (Å²) < 4.78 is 6.81. The van der Waals surface area contributed by atoms with Crippen LogP contribution in [-0.4, -0.2) is 49.0 Å². The Labute approximate surface area is 176 Å². The van der Waals surface area contributed by atoms with Crippen molar-refractivity contribution in [2.45, 2.75) is 58.3 Å². The Balaban J connectivity index is 0.000000360. The Hall–Kier alpha value is -2.18. The second-order valence-corrected chi connectivity index (χ2v) is 7.94. The molecule has 0 radical (unpaired) electrons. The molecule has 1 saturated heterocycles. The number of nitrogen functional groups attached to an aromatic ring is 1. The van der Waals surface area contributed by atoms with Gasteiger partial charge in [0.25, 0.3) is 0 Å². The van der Waals surface area contributed by atoms with Crippen LogP contribution < -0.4 is 5.73 Å². The molecule has 4 N–H and O–H groups in total. The molecule has 0 aromatic carbocycles. The molecule has 1 unspecified atom stereocenters. The fourth-order valence-corrected chi connectivity index (χ4v) is 2.88. The van der Waals surface area contributed by atoms with Crippen LogP contribution >= 0.6 is 11.6 Å². The zero-order valence-corrected chi connectivity index (χ0v) is 17.9. The SMILES string of the molecule is CC(C)n1c(C#Cc2nc(N)ncc2Cl)cnc1C(C)(C)O.OC1CCCOC1. The maximum Gasteiger partial charge on any atom is 0.221 e. The minimum Gasteiger partial charge on any atom is -0.391 e. The van der Waals surface area contributed by atoms with E-state index in [1.807, 2.05) is 18.4 Å². The van der Waals surface area contributed by atoms with Crippen LogP contribution in [0.1, 0.15) is 63.8 Å². The second-order valence-electron chi connectivity index (χ2n) is 7.54. The van der Waals surface area contributed by atoms with Crippen LogP contribution in [0.15, 0.2) is 12.4 Å². The summed E-state index contributed by atoms with van der Waals surface area (Å²) in [4.78, 5) is 12.1. The smallest absolute Gasteiger partial charge is 0.221 e. The Bertz CT molecular complexity index is 874. The van der Waals surface area contributed by atoms with E-state index in [4.69, 9.17) is 27.2 Å². The number of nitrogens with two attached hydrogens (primary N) is 1. The molecule has 0 spiro atoms. The van der Waals surface area contributed by atoms with E-state index in [-0.39, 0.29) is 18.1 Å². The van der Waals surface area contributed by atoms with Gasteiger partial charge in [-0.05, 0) is 52.4 Å². The third-order valence-electron chi connectivity index (χ3n) is 4.07. The van der Waals surface area contributed by atoms with Crippen LogP contribution in [0, 0.1) is 11.8 Å². The van der Waals surface area contributed by atoms with E-state index in [0.29, 0.717) is 28.8 Å². The van der Waals surface area contributed by atoms with Gasteiger partial charge in [-0.1, -0.05) is 11.6 Å². The zero-order valence-electron chi connectivity index (χ0n) is 17.2. The third-order valence-corrected chi connectivity index (χ3v) is 4.35. The van der Waals surface area contributed by atoms with Gasteiger partial charge in [0.1, 0.15) is 22.8 Å². The molecule has 0 amide bonds. The Kier molecular flexibility index (Phi) is 7.99. The predicted molar refractivity (Wildman–Crippen MR) is 111 cm³/mol. The second kappa shape index (κ2) is 10.0. The van der Waals surface area contributed by atoms with Gasteiger partial charge in [-0.15, -0.1) is 0 Å². The van der Waals surface area contributed by atoms with Gasteiger partial charge >= 0.3 is 0 Å². The zero-order chi connectivity index (χ0) is 21.6. The molecule has 1 aliphatic heterocycles. The third kappa shape index (κ3) is 6.68. The first-order chi connectivity index (χ1) is 13.6. The van der Waals surface area contributed by atoms with Crippen molar-refractivity contribution in [3.63, 3.8) is 0 Å². The fraction of sp³-hybridized carbons (Fsp3) is 0.550. The van der Waals surface area contributed by atoms with E-state index in [2.05, 4.69) is 26.8 Å². The van der Waals surface area contributed by atoms with Crippen molar-refractivity contribution in [3.8, 4) is 11.8 Å². The Morgan fingerprint density at radius 3 is 2.55 bits per heavy atom. The van der Waals surface area contributed by atoms with Crippen LogP contribution in [0.3, 0.4) is 0 Å². The summed E-state index contributed by atoms with van der Waals surface area (Å²) in [7, 11) is 0. The first-order valence-corrected chi connectivity index (χ1v) is 9.83. The van der Waals surface area contributed by atoms with Crippen molar-refractivity contribution in [1.82, 2.24) is 19.5 Å². The van der Waals surface area contributed by atoms with Crippen molar-refractivity contribution < 1.29 is 14.9 Å². The van der Waals surface area contributed by atoms with Crippen molar-refractivity contribution in [2.75, 3.05) is 18.9 Å². The highest BCUT2D eigenvalue weighted by Crippen LogP contribution is 2.23. The fourth-order valence-electron chi connectivity index (χ4n) is 2.74. The summed E-state index contributed by atoms with van der Waals surface area (Å²) in [5, 5.41) is 19.3. The highest BCUT2D eigenvalue weighted by atomic mass is 35.5. The standard InChI is InChI=1S/C15H18ClN5O.C5H10O2/c1-9(2)21-10(7-18-13(21)15(3,4)22)5-6-12-11(16)8-19-14(17)20-12;6-5-2-1-3-7-4-5/h7-9,22H,1-4H3,(H2,17,19,20);5-6H,1-4H2. The molecular weight excluding hydrogens is 394 g/mol. The molecule has 3 rings (SSSR count). The number of ether oxygens (including phenoxy) is 1. The van der Waals surface area contributed by atoms with Gasteiger partial charge in [-0.2, -0.15) is 0 Å². The number of aromatic nitrogens is 4. The van der Waals surface area contributed by atoms with Gasteiger partial charge in [-0.3, -0.25) is 0 Å². The molecule has 0 bridgehead atoms. The monoisotopic (exact) mass is 421 g/mol. The lowest BCUT2D eigenvalue weighted by atomic mass is 10.1. The van der Waals surface area contributed by atoms with Crippen molar-refractivity contribution >= 4 is 17.5 Å². The minimum absolute atomic E-state index is 0.0964. The van der Waals surface area contributed by atoms with Crippen LogP contribution in [0.4, 0.5) is 5.95 Å². The summed E-state index contributed by atoms with van der Waals surface area (Å²) in [5.74, 6) is 6.52. The quantitative estimate of drug-likeness (QED) is 0.636. The van der Waals surface area contributed by atoms with Gasteiger partial charge in [0.2, 0.25) is 5.95 Å². The number of hydrogen-bond donors (Lipinski definition) is 3. The average Bonchev–Trinajstić information content (AvgIpc) is 3.08. The summed E-state index contributed by atoms with van der Waals surface area (Å²) in [6.07, 6.45) is 4.78. The molecule has 0 aliphatic carbocycles. The lowest BCUT2D eigenvalue weighted by molar-refractivity contribution is -0.00535. The van der Waals surface area contributed by atoms with Gasteiger partial charge in [-0.25, -0.2) is 15.0 Å². The molecule has 9 heteroatoms. The largest absolute Gasteiger partial charge is 0.391 e.